The molecule has 0 spiro atoms. The Hall–Kier alpha value is -2.82. The maximum Gasteiger partial charge on any atom is 0.239 e. The smallest absolute Gasteiger partial charge is 0.239 e. The van der Waals surface area contributed by atoms with Gasteiger partial charge in [0.05, 0.1) is 11.8 Å². The molecule has 0 heterocycles. The van der Waals surface area contributed by atoms with E-state index in [0.717, 1.165) is 11.3 Å². The lowest BCUT2D eigenvalue weighted by Crippen LogP contribution is -2.42. The van der Waals surface area contributed by atoms with Gasteiger partial charge in [-0.1, -0.05) is 51.1 Å². The van der Waals surface area contributed by atoms with Crippen LogP contribution in [-0.2, 0) is 15.0 Å². The van der Waals surface area contributed by atoms with Crippen molar-refractivity contribution in [3.63, 3.8) is 0 Å². The molecule has 2 aromatic carbocycles. The van der Waals surface area contributed by atoms with Crippen LogP contribution in [0.4, 0.5) is 11.4 Å². The number of benzene rings is 2. The molecule has 0 atom stereocenters. The lowest BCUT2D eigenvalue weighted by molar-refractivity contribution is -0.135. The standard InChI is InChI=1S/C24H32N2O3/c1-16(2)29-20-15-11-10-14-19(20)26-22(28)24(6,7)21(27)25-18-13-9-8-12-17(18)23(3,4)5/h8-16H,1-7H3,(H,25,27)(H,26,28). The summed E-state index contributed by atoms with van der Waals surface area (Å²) in [7, 11) is 0. The number of ether oxygens (including phenoxy) is 1. The highest BCUT2D eigenvalue weighted by Crippen LogP contribution is 2.32. The number of anilines is 2. The van der Waals surface area contributed by atoms with Gasteiger partial charge in [-0.25, -0.2) is 0 Å². The predicted octanol–water partition coefficient (Wildman–Crippen LogP) is 5.37. The molecule has 2 amide bonds. The van der Waals surface area contributed by atoms with Gasteiger partial charge >= 0.3 is 0 Å². The van der Waals surface area contributed by atoms with Gasteiger partial charge in [0.1, 0.15) is 11.2 Å². The van der Waals surface area contributed by atoms with E-state index >= 15 is 0 Å². The summed E-state index contributed by atoms with van der Waals surface area (Å²) in [6.07, 6.45) is -0.0294. The predicted molar refractivity (Wildman–Crippen MR) is 118 cm³/mol. The molecule has 0 saturated carbocycles. The van der Waals surface area contributed by atoms with E-state index < -0.39 is 11.3 Å². The van der Waals surface area contributed by atoms with Crippen LogP contribution in [0, 0.1) is 5.41 Å². The maximum atomic E-state index is 13.0. The van der Waals surface area contributed by atoms with Crippen LogP contribution in [0.3, 0.4) is 0 Å². The van der Waals surface area contributed by atoms with E-state index in [0.29, 0.717) is 11.4 Å². The van der Waals surface area contributed by atoms with Crippen LogP contribution in [-0.4, -0.2) is 17.9 Å². The van der Waals surface area contributed by atoms with Crippen molar-refractivity contribution in [1.82, 2.24) is 0 Å². The highest BCUT2D eigenvalue weighted by atomic mass is 16.5. The Labute approximate surface area is 173 Å². The molecule has 2 aromatic rings. The first-order valence-electron chi connectivity index (χ1n) is 9.91. The molecule has 2 N–H and O–H groups in total. The normalized spacial score (nSPS) is 11.9. The van der Waals surface area contributed by atoms with Crippen molar-refractivity contribution in [2.75, 3.05) is 10.6 Å². The van der Waals surface area contributed by atoms with Gasteiger partial charge in [-0.15, -0.1) is 0 Å². The van der Waals surface area contributed by atoms with Crippen LogP contribution < -0.4 is 15.4 Å². The molecule has 0 aliphatic carbocycles. The second kappa shape index (κ2) is 8.68. The molecule has 0 unspecified atom stereocenters. The third-order valence-electron chi connectivity index (χ3n) is 4.62. The monoisotopic (exact) mass is 396 g/mol. The van der Waals surface area contributed by atoms with Crippen LogP contribution in [0.15, 0.2) is 48.5 Å². The average Bonchev–Trinajstić information content (AvgIpc) is 2.62. The summed E-state index contributed by atoms with van der Waals surface area (Å²) in [6.45, 7) is 13.3. The van der Waals surface area contributed by atoms with E-state index in [1.807, 2.05) is 50.2 Å². The Kier molecular flexibility index (Phi) is 6.73. The van der Waals surface area contributed by atoms with Crippen molar-refractivity contribution in [1.29, 1.82) is 0 Å². The molecule has 2 rings (SSSR count). The lowest BCUT2D eigenvalue weighted by Gasteiger charge is -2.27. The van der Waals surface area contributed by atoms with Crippen LogP contribution in [0.25, 0.3) is 0 Å². The first kappa shape index (κ1) is 22.5. The Morgan fingerprint density at radius 3 is 1.83 bits per heavy atom. The van der Waals surface area contributed by atoms with E-state index in [-0.39, 0.29) is 17.4 Å². The van der Waals surface area contributed by atoms with Gasteiger partial charge in [-0.3, -0.25) is 9.59 Å². The number of amides is 2. The molecule has 5 heteroatoms. The Balaban J connectivity index is 2.21. The Morgan fingerprint density at radius 2 is 1.28 bits per heavy atom. The van der Waals surface area contributed by atoms with E-state index in [1.165, 1.54) is 0 Å². The van der Waals surface area contributed by atoms with Gasteiger partial charge in [-0.2, -0.15) is 0 Å². The van der Waals surface area contributed by atoms with Gasteiger partial charge in [0.2, 0.25) is 11.8 Å². The zero-order valence-electron chi connectivity index (χ0n) is 18.4. The summed E-state index contributed by atoms with van der Waals surface area (Å²) in [5, 5.41) is 5.78. The number of carbonyl (C=O) groups is 2. The summed E-state index contributed by atoms with van der Waals surface area (Å²) in [4.78, 5) is 26.0. The van der Waals surface area contributed by atoms with Crippen molar-refractivity contribution in [2.45, 2.75) is 60.0 Å². The molecule has 0 aromatic heterocycles. The van der Waals surface area contributed by atoms with Crippen LogP contribution in [0.2, 0.25) is 0 Å². The Morgan fingerprint density at radius 1 is 0.793 bits per heavy atom. The van der Waals surface area contributed by atoms with Gasteiger partial charge in [0.15, 0.2) is 0 Å². The molecule has 29 heavy (non-hydrogen) atoms. The number of hydrogen-bond acceptors (Lipinski definition) is 3. The van der Waals surface area contributed by atoms with Crippen LogP contribution in [0.5, 0.6) is 5.75 Å². The zero-order chi connectivity index (χ0) is 21.8. The number of para-hydroxylation sites is 3. The number of nitrogens with one attached hydrogen (secondary N) is 2. The van der Waals surface area contributed by atoms with E-state index in [2.05, 4.69) is 31.4 Å². The van der Waals surface area contributed by atoms with Crippen molar-refractivity contribution in [2.24, 2.45) is 5.41 Å². The van der Waals surface area contributed by atoms with Crippen LogP contribution in [0.1, 0.15) is 54.0 Å². The summed E-state index contributed by atoms with van der Waals surface area (Å²) in [5.74, 6) is -0.192. The largest absolute Gasteiger partial charge is 0.489 e. The summed E-state index contributed by atoms with van der Waals surface area (Å²) in [6, 6.07) is 14.9. The van der Waals surface area contributed by atoms with E-state index in [1.54, 1.807) is 26.0 Å². The minimum Gasteiger partial charge on any atom is -0.489 e. The lowest BCUT2D eigenvalue weighted by atomic mass is 9.85. The summed E-state index contributed by atoms with van der Waals surface area (Å²) < 4.78 is 5.75. The van der Waals surface area contributed by atoms with Crippen LogP contribution >= 0.6 is 0 Å². The van der Waals surface area contributed by atoms with E-state index in [9.17, 15) is 9.59 Å². The molecule has 5 nitrogen and oxygen atoms in total. The minimum atomic E-state index is -1.28. The number of rotatable bonds is 6. The molecule has 0 fully saturated rings. The fraction of sp³-hybridized carbons (Fsp3) is 0.417. The molecule has 0 aliphatic heterocycles. The first-order valence-corrected chi connectivity index (χ1v) is 9.91. The molecule has 0 aliphatic rings. The van der Waals surface area contributed by atoms with Crippen molar-refractivity contribution in [3.05, 3.63) is 54.1 Å². The van der Waals surface area contributed by atoms with Crippen molar-refractivity contribution in [3.8, 4) is 5.75 Å². The molecular formula is C24H32N2O3. The number of carbonyl (C=O) groups excluding carboxylic acids is 2. The third-order valence-corrected chi connectivity index (χ3v) is 4.62. The van der Waals surface area contributed by atoms with E-state index in [4.69, 9.17) is 4.74 Å². The van der Waals surface area contributed by atoms with Gasteiger partial charge in [0, 0.05) is 5.69 Å². The highest BCUT2D eigenvalue weighted by Gasteiger charge is 2.37. The number of hydrogen-bond donors (Lipinski definition) is 2. The topological polar surface area (TPSA) is 67.4 Å². The summed E-state index contributed by atoms with van der Waals surface area (Å²) >= 11 is 0. The molecule has 0 radical (unpaired) electrons. The molecule has 0 saturated heterocycles. The molecular weight excluding hydrogens is 364 g/mol. The maximum absolute atomic E-state index is 13.0. The molecule has 156 valence electrons. The zero-order valence-corrected chi connectivity index (χ0v) is 18.4. The highest BCUT2D eigenvalue weighted by molar-refractivity contribution is 6.14. The fourth-order valence-corrected chi connectivity index (χ4v) is 2.83. The quantitative estimate of drug-likeness (QED) is 0.645. The first-order chi connectivity index (χ1) is 13.4. The average molecular weight is 397 g/mol. The fourth-order valence-electron chi connectivity index (χ4n) is 2.83. The third kappa shape index (κ3) is 5.59. The second-order valence-corrected chi connectivity index (χ2v) is 8.99. The van der Waals surface area contributed by atoms with Gasteiger partial charge in [-0.05, 0) is 56.9 Å². The van der Waals surface area contributed by atoms with Crippen molar-refractivity contribution < 1.29 is 14.3 Å². The van der Waals surface area contributed by atoms with Gasteiger partial charge in [0.25, 0.3) is 0 Å². The van der Waals surface area contributed by atoms with Crippen molar-refractivity contribution >= 4 is 23.2 Å². The van der Waals surface area contributed by atoms with Gasteiger partial charge < -0.3 is 15.4 Å². The minimum absolute atomic E-state index is 0.0294. The second-order valence-electron chi connectivity index (χ2n) is 8.99. The SMILES string of the molecule is CC(C)Oc1ccccc1NC(=O)C(C)(C)C(=O)Nc1ccccc1C(C)(C)C. The summed E-state index contributed by atoms with van der Waals surface area (Å²) in [5.41, 5.74) is 0.858. The molecule has 0 bridgehead atoms. The Bertz CT molecular complexity index is 880.